The third kappa shape index (κ3) is 13.2. The maximum atomic E-state index is 5.96. The molecule has 2 heteroatoms. The van der Waals surface area contributed by atoms with Crippen molar-refractivity contribution in [3.8, 4) is 5.75 Å². The second-order valence-electron chi connectivity index (χ2n) is 9.75. The fourth-order valence-corrected chi connectivity index (χ4v) is 4.83. The van der Waals surface area contributed by atoms with E-state index in [-0.39, 0.29) is 0 Å². The average molecular weight is 430 g/mol. The lowest BCUT2D eigenvalue weighted by Gasteiger charge is -2.23. The Morgan fingerprint density at radius 3 is 1.58 bits per heavy atom. The molecule has 0 radical (unpaired) electrons. The Morgan fingerprint density at radius 1 is 0.645 bits per heavy atom. The van der Waals surface area contributed by atoms with Gasteiger partial charge in [0.05, 0.1) is 6.61 Å². The van der Waals surface area contributed by atoms with Crippen molar-refractivity contribution >= 4 is 0 Å². The van der Waals surface area contributed by atoms with Crippen LogP contribution in [-0.2, 0) is 0 Å². The van der Waals surface area contributed by atoms with E-state index in [0.29, 0.717) is 0 Å². The van der Waals surface area contributed by atoms with Gasteiger partial charge in [-0.15, -0.1) is 0 Å². The van der Waals surface area contributed by atoms with Gasteiger partial charge in [-0.2, -0.15) is 0 Å². The molecular weight excluding hydrogens is 378 g/mol. The van der Waals surface area contributed by atoms with Crippen molar-refractivity contribution in [2.75, 3.05) is 19.7 Å². The van der Waals surface area contributed by atoms with Gasteiger partial charge >= 0.3 is 0 Å². The van der Waals surface area contributed by atoms with Crippen LogP contribution in [0.2, 0.25) is 0 Å². The van der Waals surface area contributed by atoms with Gasteiger partial charge < -0.3 is 10.1 Å². The first-order valence-corrected chi connectivity index (χ1v) is 13.8. The topological polar surface area (TPSA) is 21.3 Å². The molecule has 1 aliphatic rings. The molecule has 1 heterocycles. The number of rotatable bonds is 19. The highest BCUT2D eigenvalue weighted by atomic mass is 16.5. The summed E-state index contributed by atoms with van der Waals surface area (Å²) in [4.78, 5) is 0. The predicted molar refractivity (Wildman–Crippen MR) is 136 cm³/mol. The van der Waals surface area contributed by atoms with Gasteiger partial charge in [0.1, 0.15) is 5.75 Å². The zero-order chi connectivity index (χ0) is 21.8. The van der Waals surface area contributed by atoms with Crippen LogP contribution < -0.4 is 10.1 Å². The van der Waals surface area contributed by atoms with E-state index in [1.165, 1.54) is 121 Å². The van der Waals surface area contributed by atoms with Gasteiger partial charge in [-0.25, -0.2) is 0 Å². The minimum Gasteiger partial charge on any atom is -0.494 e. The molecule has 0 bridgehead atoms. The summed E-state index contributed by atoms with van der Waals surface area (Å²) >= 11 is 0. The number of hydrogen-bond donors (Lipinski definition) is 1. The second kappa shape index (κ2) is 18.5. The third-order valence-electron chi connectivity index (χ3n) is 6.96. The fourth-order valence-electron chi connectivity index (χ4n) is 4.83. The van der Waals surface area contributed by atoms with Gasteiger partial charge in [0.2, 0.25) is 0 Å². The van der Waals surface area contributed by atoms with Crippen LogP contribution in [0.25, 0.3) is 0 Å². The van der Waals surface area contributed by atoms with Crippen LogP contribution in [0.3, 0.4) is 0 Å². The standard InChI is InChI=1S/C29H51NO/c1-2-3-4-5-6-7-8-9-10-11-12-13-14-15-16-17-26-31-29-20-18-27(19-21-29)28-22-24-30-25-23-28/h18-21,28,30H,2-17,22-26H2,1H3. The van der Waals surface area contributed by atoms with Crippen molar-refractivity contribution in [3.63, 3.8) is 0 Å². The first kappa shape index (κ1) is 26.2. The lowest BCUT2D eigenvalue weighted by atomic mass is 9.90. The van der Waals surface area contributed by atoms with Crippen molar-refractivity contribution in [1.29, 1.82) is 0 Å². The lowest BCUT2D eigenvalue weighted by Crippen LogP contribution is -2.26. The summed E-state index contributed by atoms with van der Waals surface area (Å²) in [6.07, 6.45) is 25.1. The van der Waals surface area contributed by atoms with E-state index in [1.54, 1.807) is 0 Å². The first-order chi connectivity index (χ1) is 15.4. The molecule has 0 unspecified atom stereocenters. The summed E-state index contributed by atoms with van der Waals surface area (Å²) in [5.41, 5.74) is 1.48. The van der Waals surface area contributed by atoms with E-state index in [4.69, 9.17) is 4.74 Å². The Kier molecular flexibility index (Phi) is 15.7. The van der Waals surface area contributed by atoms with E-state index in [1.807, 2.05) is 0 Å². The number of benzene rings is 1. The molecule has 0 saturated carbocycles. The van der Waals surface area contributed by atoms with E-state index >= 15 is 0 Å². The molecule has 1 N–H and O–H groups in total. The van der Waals surface area contributed by atoms with Crippen LogP contribution in [-0.4, -0.2) is 19.7 Å². The van der Waals surface area contributed by atoms with E-state index in [0.717, 1.165) is 31.4 Å². The Balaban J connectivity index is 1.32. The summed E-state index contributed by atoms with van der Waals surface area (Å²) in [7, 11) is 0. The van der Waals surface area contributed by atoms with E-state index in [2.05, 4.69) is 36.5 Å². The molecule has 1 saturated heterocycles. The number of ether oxygens (including phenoxy) is 1. The number of nitrogens with one attached hydrogen (secondary N) is 1. The summed E-state index contributed by atoms with van der Waals surface area (Å²) in [6, 6.07) is 8.89. The highest BCUT2D eigenvalue weighted by Gasteiger charge is 2.14. The molecule has 0 spiro atoms. The van der Waals surface area contributed by atoms with Crippen LogP contribution in [0, 0.1) is 0 Å². The molecule has 1 aromatic rings. The van der Waals surface area contributed by atoms with Gasteiger partial charge in [0, 0.05) is 0 Å². The molecule has 178 valence electrons. The van der Waals surface area contributed by atoms with Crippen LogP contribution in [0.1, 0.15) is 134 Å². The van der Waals surface area contributed by atoms with Gasteiger partial charge in [-0.1, -0.05) is 115 Å². The van der Waals surface area contributed by atoms with Gasteiger partial charge in [0.25, 0.3) is 0 Å². The summed E-state index contributed by atoms with van der Waals surface area (Å²) < 4.78 is 5.96. The monoisotopic (exact) mass is 429 g/mol. The molecule has 1 fully saturated rings. The zero-order valence-electron chi connectivity index (χ0n) is 20.6. The fraction of sp³-hybridized carbons (Fsp3) is 0.793. The molecule has 0 aliphatic carbocycles. The van der Waals surface area contributed by atoms with Gasteiger partial charge in [-0.3, -0.25) is 0 Å². The molecule has 2 nitrogen and oxygen atoms in total. The average Bonchev–Trinajstić information content (AvgIpc) is 2.82. The van der Waals surface area contributed by atoms with Crippen LogP contribution >= 0.6 is 0 Å². The normalized spacial score (nSPS) is 14.7. The Bertz CT molecular complexity index is 506. The molecule has 1 aliphatic heterocycles. The lowest BCUT2D eigenvalue weighted by molar-refractivity contribution is 0.304. The van der Waals surface area contributed by atoms with Gasteiger partial charge in [0.15, 0.2) is 0 Å². The Labute approximate surface area is 193 Å². The number of hydrogen-bond acceptors (Lipinski definition) is 2. The highest BCUT2D eigenvalue weighted by Crippen LogP contribution is 2.26. The second-order valence-corrected chi connectivity index (χ2v) is 9.75. The molecular formula is C29H51NO. The van der Waals surface area contributed by atoms with Crippen LogP contribution in [0.4, 0.5) is 0 Å². The molecule has 0 aromatic heterocycles. The van der Waals surface area contributed by atoms with Crippen LogP contribution in [0.5, 0.6) is 5.75 Å². The Morgan fingerprint density at radius 2 is 1.10 bits per heavy atom. The minimum absolute atomic E-state index is 0.732. The molecule has 0 amide bonds. The zero-order valence-corrected chi connectivity index (χ0v) is 20.6. The third-order valence-corrected chi connectivity index (χ3v) is 6.96. The van der Waals surface area contributed by atoms with Crippen molar-refractivity contribution in [2.24, 2.45) is 0 Å². The maximum Gasteiger partial charge on any atom is 0.119 e. The number of piperidine rings is 1. The van der Waals surface area contributed by atoms with Gasteiger partial charge in [-0.05, 0) is 56.0 Å². The van der Waals surface area contributed by atoms with Crippen molar-refractivity contribution in [3.05, 3.63) is 29.8 Å². The molecule has 1 aromatic carbocycles. The van der Waals surface area contributed by atoms with Crippen LogP contribution in [0.15, 0.2) is 24.3 Å². The summed E-state index contributed by atoms with van der Waals surface area (Å²) in [6.45, 7) is 5.47. The summed E-state index contributed by atoms with van der Waals surface area (Å²) in [5.74, 6) is 1.77. The minimum atomic E-state index is 0.732. The van der Waals surface area contributed by atoms with Crippen molar-refractivity contribution in [2.45, 2.75) is 128 Å². The molecule has 31 heavy (non-hydrogen) atoms. The number of unbranched alkanes of at least 4 members (excludes halogenated alkanes) is 15. The smallest absolute Gasteiger partial charge is 0.119 e. The maximum absolute atomic E-state index is 5.96. The van der Waals surface area contributed by atoms with Crippen molar-refractivity contribution in [1.82, 2.24) is 5.32 Å². The predicted octanol–water partition coefficient (Wildman–Crippen LogP) is 8.79. The highest BCUT2D eigenvalue weighted by molar-refractivity contribution is 5.29. The summed E-state index contributed by atoms with van der Waals surface area (Å²) in [5, 5.41) is 3.45. The van der Waals surface area contributed by atoms with E-state index in [9.17, 15) is 0 Å². The van der Waals surface area contributed by atoms with Crippen molar-refractivity contribution < 1.29 is 4.74 Å². The first-order valence-electron chi connectivity index (χ1n) is 13.8. The largest absolute Gasteiger partial charge is 0.494 e. The Hall–Kier alpha value is -1.02. The van der Waals surface area contributed by atoms with E-state index < -0.39 is 0 Å². The molecule has 0 atom stereocenters. The quantitative estimate of drug-likeness (QED) is 0.222. The molecule has 2 rings (SSSR count). The SMILES string of the molecule is CCCCCCCCCCCCCCCCCCOc1ccc(C2CCNCC2)cc1.